The van der Waals surface area contributed by atoms with Crippen LogP contribution in [0.25, 0.3) is 11.2 Å². The average Bonchev–Trinajstić information content (AvgIpc) is 2.60. The first-order chi connectivity index (χ1) is 7.63. The summed E-state index contributed by atoms with van der Waals surface area (Å²) in [6.07, 6.45) is 1.79. The number of imidazole rings is 1. The maximum absolute atomic E-state index is 11.6. The van der Waals surface area contributed by atoms with E-state index in [2.05, 4.69) is 15.0 Å². The first-order valence-corrected chi connectivity index (χ1v) is 5.11. The largest absolute Gasteiger partial charge is 0.369 e. The van der Waals surface area contributed by atoms with Crippen molar-refractivity contribution in [3.8, 4) is 0 Å². The molecule has 0 aliphatic rings. The van der Waals surface area contributed by atoms with Crippen molar-refractivity contribution in [2.24, 2.45) is 0 Å². The number of nitrogen functional groups attached to an aromatic ring is 1. The number of H-pyrrole nitrogens is 2. The molecule has 7 nitrogen and oxygen atoms in total. The fourth-order valence-electron chi connectivity index (χ4n) is 1.58. The summed E-state index contributed by atoms with van der Waals surface area (Å²) in [4.78, 5) is 31.8. The lowest BCUT2D eigenvalue weighted by atomic mass is 10.3. The zero-order valence-corrected chi connectivity index (χ0v) is 8.91. The molecule has 0 saturated carbocycles. The van der Waals surface area contributed by atoms with Crippen molar-refractivity contribution >= 4 is 17.1 Å². The average molecular weight is 223 g/mol. The molecule has 4 N–H and O–H groups in total. The van der Waals surface area contributed by atoms with E-state index in [1.807, 2.05) is 6.92 Å². The highest BCUT2D eigenvalue weighted by Gasteiger charge is 2.10. The van der Waals surface area contributed by atoms with Crippen LogP contribution >= 0.6 is 0 Å². The van der Waals surface area contributed by atoms with E-state index in [0.717, 1.165) is 12.8 Å². The Morgan fingerprint density at radius 2 is 2.12 bits per heavy atom. The topological polar surface area (TPSA) is 110 Å². The molecule has 0 saturated heterocycles. The van der Waals surface area contributed by atoms with E-state index in [1.165, 1.54) is 4.57 Å². The van der Waals surface area contributed by atoms with Crippen molar-refractivity contribution in [1.82, 2.24) is 19.5 Å². The minimum absolute atomic E-state index is 0.136. The predicted molar refractivity (Wildman–Crippen MR) is 60.3 cm³/mol. The van der Waals surface area contributed by atoms with Gasteiger partial charge in [-0.2, -0.15) is 4.98 Å². The molecule has 0 aliphatic heterocycles. The third kappa shape index (κ3) is 1.60. The number of aromatic nitrogens is 4. The van der Waals surface area contributed by atoms with Gasteiger partial charge in [-0.05, 0) is 6.42 Å². The summed E-state index contributed by atoms with van der Waals surface area (Å²) in [5, 5.41) is 0. The summed E-state index contributed by atoms with van der Waals surface area (Å²) in [5.41, 5.74) is 5.10. The highest BCUT2D eigenvalue weighted by molar-refractivity contribution is 5.71. The molecule has 0 aliphatic carbocycles. The fraction of sp³-hybridized carbons (Fsp3) is 0.444. The van der Waals surface area contributed by atoms with Crippen LogP contribution in [0.3, 0.4) is 0 Å². The van der Waals surface area contributed by atoms with Gasteiger partial charge >= 0.3 is 5.69 Å². The quantitative estimate of drug-likeness (QED) is 0.669. The molecule has 2 aromatic rings. The van der Waals surface area contributed by atoms with Crippen molar-refractivity contribution in [2.75, 3.05) is 5.73 Å². The van der Waals surface area contributed by atoms with E-state index < -0.39 is 11.2 Å². The molecule has 0 unspecified atom stereocenters. The van der Waals surface area contributed by atoms with Gasteiger partial charge < -0.3 is 10.7 Å². The van der Waals surface area contributed by atoms with E-state index >= 15 is 0 Å². The number of nitrogens with zero attached hydrogens (tertiary/aromatic N) is 2. The number of hydrogen-bond acceptors (Lipinski definition) is 4. The molecule has 0 spiro atoms. The number of nitrogens with one attached hydrogen (secondary N) is 2. The number of rotatable bonds is 3. The number of aryl methyl sites for hydroxylation is 1. The van der Waals surface area contributed by atoms with E-state index in [9.17, 15) is 9.59 Å². The second kappa shape index (κ2) is 3.84. The molecule has 2 rings (SSSR count). The van der Waals surface area contributed by atoms with Gasteiger partial charge in [0.15, 0.2) is 17.1 Å². The SMILES string of the molecule is CCCCn1c(=O)[nH]c(=O)c2[nH]c(N)nc21. The predicted octanol–water partition coefficient (Wildman–Crippen LogP) is -0.205. The zero-order valence-electron chi connectivity index (χ0n) is 8.91. The zero-order chi connectivity index (χ0) is 11.7. The van der Waals surface area contributed by atoms with E-state index in [4.69, 9.17) is 5.73 Å². The van der Waals surface area contributed by atoms with Gasteiger partial charge in [0.1, 0.15) is 0 Å². The van der Waals surface area contributed by atoms with Gasteiger partial charge in [-0.3, -0.25) is 14.3 Å². The van der Waals surface area contributed by atoms with E-state index in [-0.39, 0.29) is 11.5 Å². The van der Waals surface area contributed by atoms with Crippen molar-refractivity contribution < 1.29 is 0 Å². The van der Waals surface area contributed by atoms with Crippen molar-refractivity contribution in [1.29, 1.82) is 0 Å². The van der Waals surface area contributed by atoms with Gasteiger partial charge in [0, 0.05) is 6.54 Å². The van der Waals surface area contributed by atoms with Crippen LogP contribution in [0.1, 0.15) is 19.8 Å². The lowest BCUT2D eigenvalue weighted by Crippen LogP contribution is -2.30. The van der Waals surface area contributed by atoms with Crippen LogP contribution in [0.4, 0.5) is 5.95 Å². The van der Waals surface area contributed by atoms with Crippen LogP contribution in [-0.4, -0.2) is 19.5 Å². The molecule has 0 radical (unpaired) electrons. The summed E-state index contributed by atoms with van der Waals surface area (Å²) in [6, 6.07) is 0. The second-order valence-corrected chi connectivity index (χ2v) is 3.59. The van der Waals surface area contributed by atoms with Crippen molar-refractivity contribution in [3.05, 3.63) is 20.8 Å². The first-order valence-electron chi connectivity index (χ1n) is 5.11. The fourth-order valence-corrected chi connectivity index (χ4v) is 1.58. The van der Waals surface area contributed by atoms with Crippen LogP contribution < -0.4 is 17.0 Å². The minimum Gasteiger partial charge on any atom is -0.369 e. The number of hydrogen-bond donors (Lipinski definition) is 3. The van der Waals surface area contributed by atoms with Crippen LogP contribution in [0, 0.1) is 0 Å². The van der Waals surface area contributed by atoms with Gasteiger partial charge in [-0.15, -0.1) is 0 Å². The van der Waals surface area contributed by atoms with Gasteiger partial charge in [0.25, 0.3) is 5.56 Å². The summed E-state index contributed by atoms with van der Waals surface area (Å²) in [5.74, 6) is 0.136. The maximum atomic E-state index is 11.6. The number of anilines is 1. The van der Waals surface area contributed by atoms with Crippen LogP contribution in [-0.2, 0) is 6.54 Å². The Labute approximate surface area is 90.3 Å². The van der Waals surface area contributed by atoms with Crippen LogP contribution in [0.5, 0.6) is 0 Å². The standard InChI is InChI=1S/C9H13N5O2/c1-2-3-4-14-6-5(11-8(10)12-6)7(15)13-9(14)16/h2-4H2,1H3,(H3,10,11,12)(H,13,15,16). The molecule has 0 aromatic carbocycles. The molecular formula is C9H13N5O2. The molecule has 7 heteroatoms. The Morgan fingerprint density at radius 1 is 1.38 bits per heavy atom. The Kier molecular flexibility index (Phi) is 2.51. The summed E-state index contributed by atoms with van der Waals surface area (Å²) < 4.78 is 1.42. The maximum Gasteiger partial charge on any atom is 0.330 e. The monoisotopic (exact) mass is 223 g/mol. The lowest BCUT2D eigenvalue weighted by molar-refractivity contribution is 0.613. The van der Waals surface area contributed by atoms with Gasteiger partial charge in [-0.1, -0.05) is 13.3 Å². The Bertz CT molecular complexity index is 621. The lowest BCUT2D eigenvalue weighted by Gasteiger charge is -2.03. The van der Waals surface area contributed by atoms with Gasteiger partial charge in [0.2, 0.25) is 0 Å². The first kappa shape index (κ1) is 10.5. The third-order valence-electron chi connectivity index (χ3n) is 2.39. The Hall–Kier alpha value is -2.05. The summed E-state index contributed by atoms with van der Waals surface area (Å²) >= 11 is 0. The molecule has 16 heavy (non-hydrogen) atoms. The molecule has 0 amide bonds. The molecule has 0 bridgehead atoms. The van der Waals surface area contributed by atoms with Crippen molar-refractivity contribution in [3.63, 3.8) is 0 Å². The highest BCUT2D eigenvalue weighted by atomic mass is 16.2. The number of aromatic amines is 2. The molecule has 0 atom stereocenters. The van der Waals surface area contributed by atoms with Crippen LogP contribution in [0.15, 0.2) is 9.59 Å². The Morgan fingerprint density at radius 3 is 2.81 bits per heavy atom. The Balaban J connectivity index is 2.71. The third-order valence-corrected chi connectivity index (χ3v) is 2.39. The van der Waals surface area contributed by atoms with Gasteiger partial charge in [0.05, 0.1) is 0 Å². The number of fused-ring (bicyclic) bond motifs is 1. The van der Waals surface area contributed by atoms with E-state index in [0.29, 0.717) is 12.2 Å². The minimum atomic E-state index is -0.489. The second-order valence-electron chi connectivity index (χ2n) is 3.59. The summed E-state index contributed by atoms with van der Waals surface area (Å²) in [6.45, 7) is 2.54. The molecule has 86 valence electrons. The molecule has 2 aromatic heterocycles. The molecule has 0 fully saturated rings. The van der Waals surface area contributed by atoms with Gasteiger partial charge in [-0.25, -0.2) is 4.79 Å². The summed E-state index contributed by atoms with van der Waals surface area (Å²) in [7, 11) is 0. The van der Waals surface area contributed by atoms with Crippen LogP contribution in [0.2, 0.25) is 0 Å². The van der Waals surface area contributed by atoms with Crippen molar-refractivity contribution in [2.45, 2.75) is 26.3 Å². The number of nitrogens with two attached hydrogens (primary N) is 1. The number of unbranched alkanes of at least 4 members (excludes halogenated alkanes) is 1. The smallest absolute Gasteiger partial charge is 0.330 e. The molecular weight excluding hydrogens is 210 g/mol. The molecule has 2 heterocycles. The normalized spacial score (nSPS) is 11.1. The van der Waals surface area contributed by atoms with E-state index in [1.54, 1.807) is 0 Å². The highest BCUT2D eigenvalue weighted by Crippen LogP contribution is 2.06.